The van der Waals surface area contributed by atoms with Crippen LogP contribution in [0, 0.1) is 17.0 Å². The first-order chi connectivity index (χ1) is 9.10. The van der Waals surface area contributed by atoms with Crippen LogP contribution in [-0.4, -0.2) is 17.8 Å². The van der Waals surface area contributed by atoms with E-state index in [-0.39, 0.29) is 27.9 Å². The molecule has 6 heteroatoms. The monoisotopic (exact) mass is 323 g/mol. The lowest BCUT2D eigenvalue weighted by atomic mass is 9.90. The Bertz CT molecular complexity index is 501. The van der Waals surface area contributed by atoms with Gasteiger partial charge in [0.1, 0.15) is 11.6 Å². The fourth-order valence-corrected chi connectivity index (χ4v) is 2.42. The molecule has 0 aromatic heterocycles. The predicted molar refractivity (Wildman–Crippen MR) is 77.4 cm³/mol. The van der Waals surface area contributed by atoms with Crippen molar-refractivity contribution in [1.82, 2.24) is 5.32 Å². The summed E-state index contributed by atoms with van der Waals surface area (Å²) < 4.78 is 26.8. The van der Waals surface area contributed by atoms with Gasteiger partial charge in [0.25, 0.3) is 5.91 Å². The molecule has 1 atom stereocenters. The fourth-order valence-electron chi connectivity index (χ4n) is 1.73. The van der Waals surface area contributed by atoms with Gasteiger partial charge in [-0.1, -0.05) is 32.4 Å². The van der Waals surface area contributed by atoms with Gasteiger partial charge >= 0.3 is 0 Å². The predicted octanol–water partition coefficient (Wildman–Crippen LogP) is 4.39. The molecule has 0 fully saturated rings. The quantitative estimate of drug-likeness (QED) is 0.646. The molecule has 2 nitrogen and oxygen atoms in total. The van der Waals surface area contributed by atoms with E-state index in [2.05, 4.69) is 5.32 Å². The van der Waals surface area contributed by atoms with Gasteiger partial charge in [-0.15, -0.1) is 11.6 Å². The van der Waals surface area contributed by atoms with E-state index in [0.29, 0.717) is 6.42 Å². The van der Waals surface area contributed by atoms with Gasteiger partial charge < -0.3 is 5.32 Å². The van der Waals surface area contributed by atoms with Crippen molar-refractivity contribution in [2.45, 2.75) is 32.6 Å². The van der Waals surface area contributed by atoms with Crippen molar-refractivity contribution in [2.75, 3.05) is 6.54 Å². The van der Waals surface area contributed by atoms with E-state index in [1.807, 2.05) is 20.8 Å². The average Bonchev–Trinajstić information content (AvgIpc) is 2.28. The molecule has 0 aliphatic heterocycles. The lowest BCUT2D eigenvalue weighted by Crippen LogP contribution is -2.32. The van der Waals surface area contributed by atoms with Crippen LogP contribution in [-0.2, 0) is 0 Å². The Morgan fingerprint density at radius 3 is 2.45 bits per heavy atom. The molecule has 0 spiro atoms. The van der Waals surface area contributed by atoms with Crippen LogP contribution in [0.2, 0.25) is 5.02 Å². The number of carbonyl (C=O) groups is 1. The summed E-state index contributed by atoms with van der Waals surface area (Å²) in [6, 6.07) is 1.55. The largest absolute Gasteiger partial charge is 0.350 e. The second kappa shape index (κ2) is 6.72. The van der Waals surface area contributed by atoms with E-state index >= 15 is 0 Å². The first-order valence-corrected chi connectivity index (χ1v) is 6.98. The number of amides is 1. The number of nitrogens with one attached hydrogen (secondary N) is 1. The Balaban J connectivity index is 2.66. The molecule has 1 rings (SSSR count). The number of halogens is 4. The molecule has 0 aliphatic rings. The summed E-state index contributed by atoms with van der Waals surface area (Å²) in [7, 11) is 0. The van der Waals surface area contributed by atoms with Crippen LogP contribution in [0.4, 0.5) is 8.78 Å². The van der Waals surface area contributed by atoms with Crippen molar-refractivity contribution >= 4 is 29.1 Å². The van der Waals surface area contributed by atoms with Crippen molar-refractivity contribution in [2.24, 2.45) is 5.41 Å². The van der Waals surface area contributed by atoms with E-state index in [9.17, 15) is 13.6 Å². The summed E-state index contributed by atoms with van der Waals surface area (Å²) in [5, 5.41) is 1.85. The van der Waals surface area contributed by atoms with Crippen LogP contribution >= 0.6 is 23.2 Å². The van der Waals surface area contributed by atoms with Crippen molar-refractivity contribution in [3.63, 3.8) is 0 Å². The van der Waals surface area contributed by atoms with Gasteiger partial charge in [0.05, 0.1) is 16.0 Å². The Morgan fingerprint density at radius 1 is 1.30 bits per heavy atom. The second-order valence-corrected chi connectivity index (χ2v) is 6.84. The Labute approximate surface area is 127 Å². The minimum Gasteiger partial charge on any atom is -0.350 e. The summed E-state index contributed by atoms with van der Waals surface area (Å²) in [4.78, 5) is 11.8. The summed E-state index contributed by atoms with van der Waals surface area (Å²) >= 11 is 11.5. The number of rotatable bonds is 4. The van der Waals surface area contributed by atoms with Crippen LogP contribution in [0.3, 0.4) is 0 Å². The molecule has 112 valence electrons. The molecule has 1 aromatic carbocycles. The van der Waals surface area contributed by atoms with Crippen LogP contribution < -0.4 is 5.32 Å². The van der Waals surface area contributed by atoms with Gasteiger partial charge in [-0.2, -0.15) is 0 Å². The molecule has 20 heavy (non-hydrogen) atoms. The van der Waals surface area contributed by atoms with E-state index < -0.39 is 17.5 Å². The van der Waals surface area contributed by atoms with Gasteiger partial charge in [-0.3, -0.25) is 4.79 Å². The van der Waals surface area contributed by atoms with Crippen molar-refractivity contribution < 1.29 is 13.6 Å². The Hall–Kier alpha value is -0.870. The maximum Gasteiger partial charge on any atom is 0.254 e. The van der Waals surface area contributed by atoms with Crippen LogP contribution in [0.5, 0.6) is 0 Å². The maximum absolute atomic E-state index is 13.5. The fraction of sp³-hybridized carbons (Fsp3) is 0.500. The third-order valence-corrected chi connectivity index (χ3v) is 3.17. The summed E-state index contributed by atoms with van der Waals surface area (Å²) in [6.45, 7) is 6.26. The molecule has 1 aromatic rings. The highest BCUT2D eigenvalue weighted by Gasteiger charge is 2.19. The molecule has 0 heterocycles. The number of hydrogen-bond acceptors (Lipinski definition) is 1. The second-order valence-electron chi connectivity index (χ2n) is 5.82. The van der Waals surface area contributed by atoms with Crippen molar-refractivity contribution in [1.29, 1.82) is 0 Å². The molecular weight excluding hydrogens is 307 g/mol. The van der Waals surface area contributed by atoms with E-state index in [0.717, 1.165) is 12.1 Å². The highest BCUT2D eigenvalue weighted by Crippen LogP contribution is 2.23. The highest BCUT2D eigenvalue weighted by molar-refractivity contribution is 6.30. The smallest absolute Gasteiger partial charge is 0.254 e. The molecule has 0 saturated carbocycles. The van der Waals surface area contributed by atoms with Gasteiger partial charge in [-0.25, -0.2) is 8.78 Å². The lowest BCUT2D eigenvalue weighted by molar-refractivity contribution is 0.0947. The number of carbonyl (C=O) groups excluding carboxylic acids is 1. The Kier molecular flexibility index (Phi) is 5.78. The lowest BCUT2D eigenvalue weighted by Gasteiger charge is -2.22. The minimum atomic E-state index is -0.865. The van der Waals surface area contributed by atoms with Crippen LogP contribution in [0.15, 0.2) is 12.1 Å². The van der Waals surface area contributed by atoms with E-state index in [1.165, 1.54) is 0 Å². The zero-order chi connectivity index (χ0) is 15.5. The number of hydrogen-bond donors (Lipinski definition) is 1. The van der Waals surface area contributed by atoms with Gasteiger partial charge in [0, 0.05) is 6.54 Å². The number of alkyl halides is 1. The standard InChI is InChI=1S/C14H17Cl2F2NO/c1-14(2,3)6-8(15)7-19-13(20)9-4-12(18)10(16)5-11(9)17/h4-5,8H,6-7H2,1-3H3,(H,19,20). The molecule has 0 saturated heterocycles. The summed E-state index contributed by atoms with van der Waals surface area (Å²) in [5.74, 6) is -2.41. The summed E-state index contributed by atoms with van der Waals surface area (Å²) in [6.07, 6.45) is 0.687. The Morgan fingerprint density at radius 2 is 1.90 bits per heavy atom. The SMILES string of the molecule is CC(C)(C)CC(Cl)CNC(=O)c1cc(F)c(Cl)cc1F. The van der Waals surface area contributed by atoms with Gasteiger partial charge in [-0.05, 0) is 24.0 Å². The minimum absolute atomic E-state index is 0.0226. The molecule has 0 aliphatic carbocycles. The third kappa shape index (κ3) is 5.25. The first-order valence-electron chi connectivity index (χ1n) is 6.17. The highest BCUT2D eigenvalue weighted by atomic mass is 35.5. The molecular formula is C14H17Cl2F2NO. The van der Waals surface area contributed by atoms with Crippen molar-refractivity contribution in [3.8, 4) is 0 Å². The molecule has 0 radical (unpaired) electrons. The first kappa shape index (κ1) is 17.2. The van der Waals surface area contributed by atoms with E-state index in [1.54, 1.807) is 0 Å². The van der Waals surface area contributed by atoms with Crippen molar-refractivity contribution in [3.05, 3.63) is 34.4 Å². The normalized spacial score (nSPS) is 13.2. The van der Waals surface area contributed by atoms with Crippen LogP contribution in [0.25, 0.3) is 0 Å². The van der Waals surface area contributed by atoms with Gasteiger partial charge in [0.2, 0.25) is 0 Å². The summed E-state index contributed by atoms with van der Waals surface area (Å²) in [5.41, 5.74) is -0.360. The average molecular weight is 324 g/mol. The van der Waals surface area contributed by atoms with Gasteiger partial charge in [0.15, 0.2) is 0 Å². The molecule has 1 amide bonds. The molecule has 1 N–H and O–H groups in total. The van der Waals surface area contributed by atoms with E-state index in [4.69, 9.17) is 23.2 Å². The zero-order valence-corrected chi connectivity index (χ0v) is 13.1. The third-order valence-electron chi connectivity index (χ3n) is 2.57. The zero-order valence-electron chi connectivity index (χ0n) is 11.6. The topological polar surface area (TPSA) is 29.1 Å². The van der Waals surface area contributed by atoms with Crippen LogP contribution in [0.1, 0.15) is 37.6 Å². The number of benzene rings is 1. The molecule has 0 bridgehead atoms. The maximum atomic E-state index is 13.5. The molecule has 1 unspecified atom stereocenters.